The maximum atomic E-state index is 12.6. The molecule has 0 aromatic rings. The fourth-order valence-corrected chi connectivity index (χ4v) is 6.77. The molecule has 0 spiro atoms. The summed E-state index contributed by atoms with van der Waals surface area (Å²) < 4.78 is 58.7. The molecular weight excluding hydrogens is 729 g/mol. The number of carbonyl (C=O) groups is 1. The molecule has 1 saturated heterocycles. The monoisotopic (exact) mass is 805 g/mol. The molecule has 1 fully saturated rings. The second kappa shape index (κ2) is 34.4. The van der Waals surface area contributed by atoms with Crippen molar-refractivity contribution in [2.24, 2.45) is 0 Å². The fourth-order valence-electron chi connectivity index (χ4n) is 6.27. The van der Waals surface area contributed by atoms with Crippen LogP contribution in [0, 0.1) is 0 Å². The van der Waals surface area contributed by atoms with Gasteiger partial charge in [0.25, 0.3) is 0 Å². The van der Waals surface area contributed by atoms with Crippen LogP contribution in [0.25, 0.3) is 0 Å². The van der Waals surface area contributed by atoms with Gasteiger partial charge in [-0.1, -0.05) is 140 Å². The Morgan fingerprint density at radius 3 is 1.75 bits per heavy atom. The zero-order chi connectivity index (χ0) is 40.4. The number of allylic oxidation sites excluding steroid dienone is 6. The standard InChI is InChI=1S/C42H76O12S/c1-3-5-7-9-11-12-13-14-15-16-17-18-19-20-21-22-23-24-25-26-28-30-32-50-34-36(52-38(44)31-29-27-10-8-6-4-2)35-51-42-40(46)41(54-55(47,48)49)39(45)37(33-43)53-42/h13-14,16-17,19-20,36-37,39-43,45-46H,3-12,15,18,21-35H2,1-2H3,(H,47,48,49)/b14-13-,17-16-,20-19-. The first-order chi connectivity index (χ1) is 26.6. The van der Waals surface area contributed by atoms with E-state index in [9.17, 15) is 28.5 Å². The number of unbranched alkanes of at least 4 members (excludes halogenated alkanes) is 17. The predicted octanol–water partition coefficient (Wildman–Crippen LogP) is 8.24. The Morgan fingerprint density at radius 2 is 1.20 bits per heavy atom. The first-order valence-electron chi connectivity index (χ1n) is 21.2. The molecule has 0 aromatic heterocycles. The van der Waals surface area contributed by atoms with Gasteiger partial charge >= 0.3 is 16.4 Å². The Labute approximate surface area is 333 Å². The van der Waals surface area contributed by atoms with Gasteiger partial charge in [0, 0.05) is 13.0 Å². The highest BCUT2D eigenvalue weighted by Gasteiger charge is 2.48. The Hall–Kier alpha value is -1.68. The van der Waals surface area contributed by atoms with Crippen molar-refractivity contribution in [2.75, 3.05) is 26.4 Å². The minimum absolute atomic E-state index is 0.0294. The van der Waals surface area contributed by atoms with Gasteiger partial charge in [0.15, 0.2) is 6.29 Å². The van der Waals surface area contributed by atoms with Gasteiger partial charge in [-0.2, -0.15) is 8.42 Å². The minimum atomic E-state index is -5.05. The summed E-state index contributed by atoms with van der Waals surface area (Å²) in [5.41, 5.74) is 0. The van der Waals surface area contributed by atoms with Crippen molar-refractivity contribution >= 4 is 16.4 Å². The van der Waals surface area contributed by atoms with Crippen molar-refractivity contribution in [3.05, 3.63) is 36.5 Å². The van der Waals surface area contributed by atoms with Gasteiger partial charge in [-0.3, -0.25) is 9.35 Å². The van der Waals surface area contributed by atoms with Gasteiger partial charge in [0.1, 0.15) is 30.5 Å². The quantitative estimate of drug-likeness (QED) is 0.0207. The van der Waals surface area contributed by atoms with Crippen molar-refractivity contribution in [2.45, 2.75) is 198 Å². The van der Waals surface area contributed by atoms with E-state index in [1.54, 1.807) is 0 Å². The molecule has 0 amide bonds. The average molecular weight is 805 g/mol. The molecule has 322 valence electrons. The number of esters is 1. The molecule has 1 aliphatic rings. The number of hydrogen-bond acceptors (Lipinski definition) is 11. The van der Waals surface area contributed by atoms with E-state index in [0.29, 0.717) is 13.0 Å². The van der Waals surface area contributed by atoms with E-state index in [-0.39, 0.29) is 19.6 Å². The molecular formula is C42H76O12S. The van der Waals surface area contributed by atoms with E-state index >= 15 is 0 Å². The zero-order valence-electron chi connectivity index (χ0n) is 34.0. The molecule has 0 saturated carbocycles. The van der Waals surface area contributed by atoms with Gasteiger partial charge in [0.2, 0.25) is 0 Å². The van der Waals surface area contributed by atoms with Crippen molar-refractivity contribution in [1.29, 1.82) is 0 Å². The van der Waals surface area contributed by atoms with Gasteiger partial charge in [-0.05, 0) is 51.4 Å². The molecule has 6 unspecified atom stereocenters. The summed E-state index contributed by atoms with van der Waals surface area (Å²) in [6, 6.07) is 0. The summed E-state index contributed by atoms with van der Waals surface area (Å²) in [5.74, 6) is -0.414. The SMILES string of the molecule is CCCCCCC/C=C\C/C=C\C/C=C\CCCCCCCCCOCC(COC1OC(CO)C(O)C(OS(=O)(=O)O)C1O)OC(=O)CCCCCCCC. The van der Waals surface area contributed by atoms with Gasteiger partial charge in [-0.15, -0.1) is 0 Å². The lowest BCUT2D eigenvalue weighted by Gasteiger charge is -2.41. The van der Waals surface area contributed by atoms with E-state index in [1.165, 1.54) is 64.2 Å². The van der Waals surface area contributed by atoms with E-state index < -0.39 is 59.8 Å². The number of carbonyl (C=O) groups excluding carboxylic acids is 1. The lowest BCUT2D eigenvalue weighted by molar-refractivity contribution is -0.301. The lowest BCUT2D eigenvalue weighted by atomic mass is 9.99. The summed E-state index contributed by atoms with van der Waals surface area (Å²) >= 11 is 0. The number of aliphatic hydroxyl groups excluding tert-OH is 3. The third-order valence-corrected chi connectivity index (χ3v) is 9.98. The van der Waals surface area contributed by atoms with E-state index in [0.717, 1.165) is 70.6 Å². The van der Waals surface area contributed by atoms with Crippen LogP contribution in [-0.2, 0) is 38.3 Å². The fraction of sp³-hybridized carbons (Fsp3) is 0.833. The highest BCUT2D eigenvalue weighted by Crippen LogP contribution is 2.26. The maximum Gasteiger partial charge on any atom is 0.397 e. The molecule has 55 heavy (non-hydrogen) atoms. The molecule has 0 radical (unpaired) electrons. The summed E-state index contributed by atoms with van der Waals surface area (Å²) in [6.45, 7) is 3.87. The first kappa shape index (κ1) is 51.3. The average Bonchev–Trinajstić information content (AvgIpc) is 3.15. The number of rotatable bonds is 36. The Morgan fingerprint density at radius 1 is 0.691 bits per heavy atom. The van der Waals surface area contributed by atoms with E-state index in [2.05, 4.69) is 54.5 Å². The first-order valence-corrected chi connectivity index (χ1v) is 22.6. The third kappa shape index (κ3) is 28.4. The predicted molar refractivity (Wildman–Crippen MR) is 216 cm³/mol. The minimum Gasteiger partial charge on any atom is -0.457 e. The highest BCUT2D eigenvalue weighted by molar-refractivity contribution is 7.80. The van der Waals surface area contributed by atoms with Crippen molar-refractivity contribution in [1.82, 2.24) is 0 Å². The van der Waals surface area contributed by atoms with Crippen LogP contribution >= 0.6 is 0 Å². The largest absolute Gasteiger partial charge is 0.457 e. The van der Waals surface area contributed by atoms with Crippen LogP contribution in [0.4, 0.5) is 0 Å². The summed E-state index contributed by atoms with van der Waals surface area (Å²) in [4.78, 5) is 12.6. The van der Waals surface area contributed by atoms with E-state index in [1.807, 2.05) is 0 Å². The van der Waals surface area contributed by atoms with Gasteiger partial charge in [-0.25, -0.2) is 4.18 Å². The highest BCUT2D eigenvalue weighted by atomic mass is 32.3. The van der Waals surface area contributed by atoms with Crippen molar-refractivity contribution < 1.29 is 56.2 Å². The molecule has 1 aliphatic heterocycles. The molecule has 6 atom stereocenters. The van der Waals surface area contributed by atoms with Crippen molar-refractivity contribution in [3.8, 4) is 0 Å². The third-order valence-electron chi connectivity index (χ3n) is 9.52. The van der Waals surface area contributed by atoms with Crippen LogP contribution in [0.5, 0.6) is 0 Å². The van der Waals surface area contributed by atoms with Gasteiger partial charge < -0.3 is 34.3 Å². The number of ether oxygens (including phenoxy) is 4. The summed E-state index contributed by atoms with van der Waals surface area (Å²) in [7, 11) is -5.05. The number of hydrogen-bond donors (Lipinski definition) is 4. The molecule has 12 nitrogen and oxygen atoms in total. The molecule has 1 rings (SSSR count). The Balaban J connectivity index is 2.33. The van der Waals surface area contributed by atoms with Crippen LogP contribution in [0.15, 0.2) is 36.5 Å². The maximum absolute atomic E-state index is 12.6. The molecule has 0 bridgehead atoms. The van der Waals surface area contributed by atoms with Crippen LogP contribution in [0.2, 0.25) is 0 Å². The Bertz CT molecular complexity index is 1110. The topological polar surface area (TPSA) is 178 Å². The van der Waals surface area contributed by atoms with Crippen LogP contribution < -0.4 is 0 Å². The van der Waals surface area contributed by atoms with Gasteiger partial charge in [0.05, 0.1) is 19.8 Å². The molecule has 1 heterocycles. The molecule has 4 N–H and O–H groups in total. The molecule has 0 aromatic carbocycles. The smallest absolute Gasteiger partial charge is 0.397 e. The summed E-state index contributed by atoms with van der Waals surface area (Å²) in [6.07, 6.45) is 29.4. The normalized spacial score (nSPS) is 21.3. The molecule has 13 heteroatoms. The lowest BCUT2D eigenvalue weighted by Crippen LogP contribution is -2.60. The van der Waals surface area contributed by atoms with Crippen LogP contribution in [-0.4, -0.2) is 97.5 Å². The molecule has 0 aliphatic carbocycles. The second-order valence-electron chi connectivity index (χ2n) is 14.6. The second-order valence-corrected chi connectivity index (χ2v) is 15.6. The number of aliphatic hydroxyl groups is 3. The summed E-state index contributed by atoms with van der Waals surface area (Å²) in [5, 5.41) is 30.5. The van der Waals surface area contributed by atoms with Crippen LogP contribution in [0.1, 0.15) is 162 Å². The zero-order valence-corrected chi connectivity index (χ0v) is 34.8. The van der Waals surface area contributed by atoms with E-state index in [4.69, 9.17) is 23.5 Å². The van der Waals surface area contributed by atoms with Crippen molar-refractivity contribution in [3.63, 3.8) is 0 Å². The Kier molecular flexibility index (Phi) is 32.1. The van der Waals surface area contributed by atoms with Crippen LogP contribution in [0.3, 0.4) is 0 Å².